The van der Waals surface area contributed by atoms with E-state index in [4.69, 9.17) is 5.11 Å². The number of nitrogens with zero attached hydrogens (tertiary/aromatic N) is 3. The highest BCUT2D eigenvalue weighted by atomic mass is 32.2. The number of carboxylic acid groups (broad SMARTS) is 1. The monoisotopic (exact) mass is 483 g/mol. The number of anilines is 1. The highest BCUT2D eigenvalue weighted by Crippen LogP contribution is 2.33. The van der Waals surface area contributed by atoms with Crippen molar-refractivity contribution >= 4 is 33.6 Å². The van der Waals surface area contributed by atoms with Crippen LogP contribution in [0.2, 0.25) is 0 Å². The smallest absolute Gasteiger partial charge is 0.305 e. The van der Waals surface area contributed by atoms with Gasteiger partial charge < -0.3 is 15.3 Å². The molecule has 0 amide bonds. The van der Waals surface area contributed by atoms with E-state index in [0.29, 0.717) is 28.9 Å². The van der Waals surface area contributed by atoms with E-state index in [1.165, 1.54) is 19.2 Å². The van der Waals surface area contributed by atoms with E-state index in [1.54, 1.807) is 12.2 Å². The Labute approximate surface area is 193 Å². The molecule has 0 fully saturated rings. The van der Waals surface area contributed by atoms with Crippen molar-refractivity contribution in [3.8, 4) is 0 Å². The normalized spacial score (nSPS) is 16.5. The second kappa shape index (κ2) is 11.0. The van der Waals surface area contributed by atoms with Crippen LogP contribution >= 0.6 is 0 Å². The predicted molar refractivity (Wildman–Crippen MR) is 124 cm³/mol. The molecule has 0 saturated heterocycles. The molecular weight excluding hydrogens is 453 g/mol. The maximum atomic E-state index is 13.6. The van der Waals surface area contributed by atoms with Crippen LogP contribution in [0.4, 0.5) is 10.3 Å². The van der Waals surface area contributed by atoms with Gasteiger partial charge in [0.25, 0.3) is 0 Å². The largest absolute Gasteiger partial charge is 0.481 e. The number of carbonyl (C=O) groups is 1. The second-order valence-electron chi connectivity index (χ2n) is 8.28. The minimum Gasteiger partial charge on any atom is -0.481 e. The van der Waals surface area contributed by atoms with Crippen LogP contribution in [0.15, 0.2) is 24.1 Å². The average Bonchev–Trinajstić information content (AvgIpc) is 2.70. The molecule has 0 saturated carbocycles. The molecule has 1 aromatic heterocycles. The van der Waals surface area contributed by atoms with E-state index in [-0.39, 0.29) is 30.5 Å². The number of aliphatic carboxylic acids is 1. The van der Waals surface area contributed by atoms with E-state index >= 15 is 0 Å². The number of carboxylic acids is 1. The zero-order chi connectivity index (χ0) is 24.9. The Morgan fingerprint density at radius 2 is 1.91 bits per heavy atom. The number of sulfonamides is 1. The number of halogens is 1. The van der Waals surface area contributed by atoms with Gasteiger partial charge in [-0.3, -0.25) is 4.79 Å². The Kier molecular flexibility index (Phi) is 8.87. The van der Waals surface area contributed by atoms with Gasteiger partial charge in [0, 0.05) is 25.5 Å². The summed E-state index contributed by atoms with van der Waals surface area (Å²) in [6.07, 6.45) is 4.43. The summed E-state index contributed by atoms with van der Waals surface area (Å²) in [7, 11) is -2.29. The molecule has 1 heterocycles. The van der Waals surface area contributed by atoms with Crippen molar-refractivity contribution in [2.45, 2.75) is 57.7 Å². The van der Waals surface area contributed by atoms with Crippen molar-refractivity contribution in [1.29, 1.82) is 0 Å². The molecule has 0 spiro atoms. The van der Waals surface area contributed by atoms with E-state index in [9.17, 15) is 27.8 Å². The molecule has 9 nitrogen and oxygen atoms in total. The number of rotatable bonds is 10. The first kappa shape index (κ1) is 26.6. The van der Waals surface area contributed by atoms with Crippen LogP contribution < -0.4 is 4.31 Å². The summed E-state index contributed by atoms with van der Waals surface area (Å²) in [5, 5.41) is 28.8. The lowest BCUT2D eigenvalue weighted by molar-refractivity contribution is -0.139. The fraction of sp³-hybridized carbons (Fsp3) is 0.500. The third-order valence-electron chi connectivity index (χ3n) is 5.10. The van der Waals surface area contributed by atoms with Gasteiger partial charge in [-0.05, 0) is 24.0 Å². The van der Waals surface area contributed by atoms with Crippen LogP contribution in [0.1, 0.15) is 62.4 Å². The minimum absolute atomic E-state index is 0.0262. The van der Waals surface area contributed by atoms with Crippen molar-refractivity contribution in [1.82, 2.24) is 9.97 Å². The van der Waals surface area contributed by atoms with E-state index in [1.807, 2.05) is 13.8 Å². The predicted octanol–water partition coefficient (Wildman–Crippen LogP) is 2.63. The lowest BCUT2D eigenvalue weighted by Gasteiger charge is -2.22. The summed E-state index contributed by atoms with van der Waals surface area (Å²) in [5.41, 5.74) is 2.15. The van der Waals surface area contributed by atoms with Crippen LogP contribution in [0.3, 0.4) is 0 Å². The molecule has 0 bridgehead atoms. The van der Waals surface area contributed by atoms with Gasteiger partial charge in [-0.25, -0.2) is 27.1 Å². The SMILES string of the molecule is CC(C)c1nc(N(C)S(C)(=O)=O)nc(C2=CC=C(F)CC2)c1/C=C/[C@@H](O)C[C@@H](O)CC(=O)O. The summed E-state index contributed by atoms with van der Waals surface area (Å²) >= 11 is 0. The summed E-state index contributed by atoms with van der Waals surface area (Å²) in [5.74, 6) is -1.62. The Balaban J connectivity index is 2.58. The molecule has 33 heavy (non-hydrogen) atoms. The fourth-order valence-corrected chi connectivity index (χ4v) is 3.65. The van der Waals surface area contributed by atoms with Gasteiger partial charge in [-0.1, -0.05) is 32.1 Å². The van der Waals surface area contributed by atoms with E-state index in [0.717, 1.165) is 10.6 Å². The highest BCUT2D eigenvalue weighted by molar-refractivity contribution is 7.92. The number of allylic oxidation sites excluding steroid dienone is 4. The molecule has 11 heteroatoms. The molecule has 2 rings (SSSR count). The van der Waals surface area contributed by atoms with Crippen LogP contribution in [0.5, 0.6) is 0 Å². The van der Waals surface area contributed by atoms with Crippen molar-refractivity contribution < 1.29 is 32.9 Å². The number of aromatic nitrogens is 2. The summed E-state index contributed by atoms with van der Waals surface area (Å²) < 4.78 is 38.7. The van der Waals surface area contributed by atoms with Gasteiger partial charge in [0.1, 0.15) is 5.83 Å². The summed E-state index contributed by atoms with van der Waals surface area (Å²) in [4.78, 5) is 19.6. The number of hydrogen-bond acceptors (Lipinski definition) is 7. The zero-order valence-electron chi connectivity index (χ0n) is 19.1. The number of aliphatic hydroxyl groups is 2. The van der Waals surface area contributed by atoms with Crippen LogP contribution in [-0.4, -0.2) is 65.2 Å². The van der Waals surface area contributed by atoms with E-state index < -0.39 is 34.6 Å². The Morgan fingerprint density at radius 1 is 1.24 bits per heavy atom. The maximum absolute atomic E-state index is 13.6. The number of hydrogen-bond donors (Lipinski definition) is 3. The maximum Gasteiger partial charge on any atom is 0.305 e. The van der Waals surface area contributed by atoms with Gasteiger partial charge in [0.15, 0.2) is 0 Å². The molecule has 0 aromatic carbocycles. The Bertz CT molecular complexity index is 1080. The fourth-order valence-electron chi connectivity index (χ4n) is 3.27. The molecule has 1 aliphatic carbocycles. The quantitative estimate of drug-likeness (QED) is 0.461. The molecular formula is C22H30FN3O6S. The summed E-state index contributed by atoms with van der Waals surface area (Å²) in [6.45, 7) is 3.74. The van der Waals surface area contributed by atoms with Crippen LogP contribution in [0.25, 0.3) is 11.6 Å². The Hall–Kier alpha value is -2.63. The van der Waals surface area contributed by atoms with Gasteiger partial charge in [-0.2, -0.15) is 0 Å². The van der Waals surface area contributed by atoms with Crippen LogP contribution in [0, 0.1) is 0 Å². The topological polar surface area (TPSA) is 141 Å². The van der Waals surface area contributed by atoms with E-state index in [2.05, 4.69) is 9.97 Å². The first-order chi connectivity index (χ1) is 15.3. The third kappa shape index (κ3) is 7.44. The molecule has 0 unspecified atom stereocenters. The molecule has 3 N–H and O–H groups in total. The molecule has 2 atom stereocenters. The van der Waals surface area contributed by atoms with Gasteiger partial charge in [0.2, 0.25) is 16.0 Å². The molecule has 182 valence electrons. The highest BCUT2D eigenvalue weighted by Gasteiger charge is 2.24. The van der Waals surface area contributed by atoms with Crippen molar-refractivity contribution in [2.24, 2.45) is 0 Å². The lowest BCUT2D eigenvalue weighted by Crippen LogP contribution is -2.28. The molecule has 0 aliphatic heterocycles. The Morgan fingerprint density at radius 3 is 2.42 bits per heavy atom. The lowest BCUT2D eigenvalue weighted by atomic mass is 9.93. The molecule has 1 aliphatic rings. The van der Waals surface area contributed by atoms with Crippen molar-refractivity contribution in [3.63, 3.8) is 0 Å². The number of aliphatic hydroxyl groups excluding tert-OH is 2. The average molecular weight is 484 g/mol. The van der Waals surface area contributed by atoms with Gasteiger partial charge >= 0.3 is 5.97 Å². The van der Waals surface area contributed by atoms with Gasteiger partial charge in [-0.15, -0.1) is 0 Å². The van der Waals surface area contributed by atoms with Crippen molar-refractivity contribution in [3.05, 3.63) is 41.0 Å². The molecule has 1 aromatic rings. The third-order valence-corrected chi connectivity index (χ3v) is 6.26. The first-order valence-corrected chi connectivity index (χ1v) is 12.3. The molecule has 0 radical (unpaired) electrons. The summed E-state index contributed by atoms with van der Waals surface area (Å²) in [6, 6.07) is 0. The van der Waals surface area contributed by atoms with Gasteiger partial charge in [0.05, 0.1) is 36.3 Å². The van der Waals surface area contributed by atoms with Crippen LogP contribution in [-0.2, 0) is 14.8 Å². The second-order valence-corrected chi connectivity index (χ2v) is 10.3. The first-order valence-electron chi connectivity index (χ1n) is 10.5. The van der Waals surface area contributed by atoms with Crippen molar-refractivity contribution in [2.75, 3.05) is 17.6 Å². The standard InChI is InChI=1S/C22H30FN3O6S/c1-13(2)20-18(10-9-16(27)11-17(28)12-19(29)30)21(14-5-7-15(23)8-6-14)25-22(24-20)26(3)33(4,31)32/h5,7,9-10,13,16-17,27-28H,6,8,11-12H2,1-4H3,(H,29,30)/b10-9+/t16-,17-/m1/s1. The minimum atomic E-state index is -3.63. The zero-order valence-corrected chi connectivity index (χ0v) is 19.9.